The molecular weight excluding hydrogens is 381 g/mol. The maximum absolute atomic E-state index is 8.49. The molecular formula is C12H33O9P3. The molecule has 0 rings (SSSR count). The summed E-state index contributed by atoms with van der Waals surface area (Å²) in [5.74, 6) is 0. The zero-order valence-electron chi connectivity index (χ0n) is 14.1. The molecule has 0 heterocycles. The van der Waals surface area contributed by atoms with Crippen LogP contribution in [0.25, 0.3) is 0 Å². The first kappa shape index (κ1) is 29.7. The molecule has 0 saturated carbocycles. The second-order valence-electron chi connectivity index (χ2n) is 4.80. The monoisotopic (exact) mass is 414 g/mol. The molecule has 0 radical (unpaired) electrons. The van der Waals surface area contributed by atoms with Crippen molar-refractivity contribution in [1.82, 2.24) is 0 Å². The highest BCUT2D eigenvalue weighted by atomic mass is 31.2. The minimum absolute atomic E-state index is 0.481. The van der Waals surface area contributed by atoms with Crippen molar-refractivity contribution in [3.8, 4) is 0 Å². The Labute approximate surface area is 148 Å². The van der Waals surface area contributed by atoms with E-state index in [-0.39, 0.29) is 0 Å². The van der Waals surface area contributed by atoms with Crippen LogP contribution in [-0.2, 0) is 4.52 Å². The van der Waals surface area contributed by atoms with Crippen LogP contribution in [0.2, 0.25) is 0 Å². The topological polar surface area (TPSA) is 171 Å². The van der Waals surface area contributed by atoms with Crippen LogP contribution in [0, 0.1) is 0 Å². The van der Waals surface area contributed by atoms with Gasteiger partial charge in [0.2, 0.25) is 0 Å². The lowest BCUT2D eigenvalue weighted by atomic mass is 10.1. The Morgan fingerprint density at radius 1 is 0.542 bits per heavy atom. The van der Waals surface area contributed by atoms with Crippen LogP contribution in [0.15, 0.2) is 0 Å². The molecule has 0 aliphatic rings. The molecule has 0 aromatic rings. The molecule has 0 spiro atoms. The molecule has 12 heteroatoms. The molecule has 0 amide bonds. The van der Waals surface area contributed by atoms with E-state index in [1.165, 1.54) is 51.4 Å². The second kappa shape index (κ2) is 26.2. The Morgan fingerprint density at radius 2 is 0.833 bits per heavy atom. The predicted octanol–water partition coefficient (Wildman–Crippen LogP) is 2.52. The van der Waals surface area contributed by atoms with Crippen LogP contribution in [-0.4, -0.2) is 45.8 Å². The first-order valence-corrected chi connectivity index (χ1v) is 11.3. The third-order valence-electron chi connectivity index (χ3n) is 2.70. The van der Waals surface area contributed by atoms with E-state index in [0.717, 1.165) is 12.8 Å². The van der Waals surface area contributed by atoms with Crippen LogP contribution in [0.3, 0.4) is 0 Å². The van der Waals surface area contributed by atoms with E-state index in [2.05, 4.69) is 11.4 Å². The highest BCUT2D eigenvalue weighted by Gasteiger charge is 1.97. The molecule has 9 nitrogen and oxygen atoms in total. The summed E-state index contributed by atoms with van der Waals surface area (Å²) in [7, 11) is -7.38. The molecule has 24 heavy (non-hydrogen) atoms. The molecule has 150 valence electrons. The fraction of sp³-hybridized carbons (Fsp3) is 1.00. The largest absolute Gasteiger partial charge is 0.328 e. The minimum Gasteiger partial charge on any atom is -0.328 e. The Hall–Kier alpha value is 0.930. The van der Waals surface area contributed by atoms with Crippen molar-refractivity contribution in [3.05, 3.63) is 0 Å². The lowest BCUT2D eigenvalue weighted by Gasteiger charge is -2.04. The molecule has 0 atom stereocenters. The van der Waals surface area contributed by atoms with Gasteiger partial charge in [0.15, 0.2) is 0 Å². The van der Waals surface area contributed by atoms with Gasteiger partial charge in [-0.1, -0.05) is 64.7 Å². The molecule has 0 aromatic heterocycles. The SMILES string of the molecule is CCCCCCCCCCCCOP(O)O.OP(O)O.OP(O)O. The van der Waals surface area contributed by atoms with E-state index in [0.29, 0.717) is 6.61 Å². The summed E-state index contributed by atoms with van der Waals surface area (Å²) in [5.41, 5.74) is 0. The van der Waals surface area contributed by atoms with Gasteiger partial charge in [0.1, 0.15) is 0 Å². The average Bonchev–Trinajstić information content (AvgIpc) is 2.43. The highest BCUT2D eigenvalue weighted by Crippen LogP contribution is 2.24. The number of hydrogen-bond acceptors (Lipinski definition) is 9. The Morgan fingerprint density at radius 3 is 1.12 bits per heavy atom. The smallest absolute Gasteiger partial charge is 0.327 e. The average molecular weight is 414 g/mol. The van der Waals surface area contributed by atoms with Gasteiger partial charge in [0.25, 0.3) is 0 Å². The normalized spacial score (nSPS) is 10.5. The van der Waals surface area contributed by atoms with Gasteiger partial charge in [-0.05, 0) is 6.42 Å². The molecule has 8 N–H and O–H groups in total. The van der Waals surface area contributed by atoms with Gasteiger partial charge in [-0.3, -0.25) is 0 Å². The molecule has 0 saturated heterocycles. The zero-order valence-corrected chi connectivity index (χ0v) is 16.8. The van der Waals surface area contributed by atoms with Gasteiger partial charge in [0, 0.05) is 0 Å². The highest BCUT2D eigenvalue weighted by molar-refractivity contribution is 7.39. The Bertz CT molecular complexity index is 201. The second-order valence-corrected chi connectivity index (χ2v) is 6.64. The fourth-order valence-corrected chi connectivity index (χ4v) is 2.03. The minimum atomic E-state index is -2.62. The lowest BCUT2D eigenvalue weighted by Crippen LogP contribution is -1.89. The number of unbranched alkanes of at least 4 members (excludes halogenated alkanes) is 9. The van der Waals surface area contributed by atoms with Gasteiger partial charge in [0.05, 0.1) is 6.61 Å². The van der Waals surface area contributed by atoms with E-state index in [4.69, 9.17) is 39.1 Å². The summed E-state index contributed by atoms with van der Waals surface area (Å²) >= 11 is 0. The summed E-state index contributed by atoms with van der Waals surface area (Å²) in [6.45, 7) is 2.72. The summed E-state index contributed by atoms with van der Waals surface area (Å²) in [4.78, 5) is 60.4. The molecule has 0 fully saturated rings. The van der Waals surface area contributed by atoms with Gasteiger partial charge >= 0.3 is 25.8 Å². The Kier molecular flexibility index (Phi) is 32.4. The quantitative estimate of drug-likeness (QED) is 0.176. The van der Waals surface area contributed by atoms with E-state index in [9.17, 15) is 0 Å². The maximum Gasteiger partial charge on any atom is 0.327 e. The van der Waals surface area contributed by atoms with Crippen LogP contribution >= 0.6 is 25.8 Å². The van der Waals surface area contributed by atoms with E-state index in [1.807, 2.05) is 0 Å². The number of hydrogen-bond donors (Lipinski definition) is 8. The molecule has 0 unspecified atom stereocenters. The molecule has 0 aliphatic carbocycles. The van der Waals surface area contributed by atoms with Crippen molar-refractivity contribution in [3.63, 3.8) is 0 Å². The third-order valence-corrected chi connectivity index (χ3v) is 3.12. The fourth-order valence-electron chi connectivity index (χ4n) is 1.74. The summed E-state index contributed by atoms with van der Waals surface area (Å²) in [5, 5.41) is 0. The summed E-state index contributed by atoms with van der Waals surface area (Å²) < 4.78 is 4.69. The van der Waals surface area contributed by atoms with Gasteiger partial charge < -0.3 is 43.7 Å². The predicted molar refractivity (Wildman–Crippen MR) is 96.3 cm³/mol. The van der Waals surface area contributed by atoms with Crippen molar-refractivity contribution in [1.29, 1.82) is 0 Å². The van der Waals surface area contributed by atoms with Crippen molar-refractivity contribution < 1.29 is 43.7 Å². The van der Waals surface area contributed by atoms with E-state index in [1.54, 1.807) is 0 Å². The van der Waals surface area contributed by atoms with Crippen molar-refractivity contribution in [2.75, 3.05) is 6.61 Å². The summed E-state index contributed by atoms with van der Waals surface area (Å²) in [6, 6.07) is 0. The van der Waals surface area contributed by atoms with Gasteiger partial charge in [-0.2, -0.15) is 0 Å². The summed E-state index contributed by atoms with van der Waals surface area (Å²) in [6.07, 6.45) is 12.8. The first-order chi connectivity index (χ1) is 11.2. The number of rotatable bonds is 12. The van der Waals surface area contributed by atoms with Crippen molar-refractivity contribution in [2.24, 2.45) is 0 Å². The molecule has 0 bridgehead atoms. The van der Waals surface area contributed by atoms with Crippen molar-refractivity contribution in [2.45, 2.75) is 71.1 Å². The zero-order chi connectivity index (χ0) is 19.2. The lowest BCUT2D eigenvalue weighted by molar-refractivity contribution is 0.248. The van der Waals surface area contributed by atoms with Crippen LogP contribution < -0.4 is 0 Å². The molecule has 0 aliphatic heterocycles. The van der Waals surface area contributed by atoms with Crippen molar-refractivity contribution >= 4 is 25.8 Å². The van der Waals surface area contributed by atoms with Crippen LogP contribution in [0.4, 0.5) is 0 Å². The Balaban J connectivity index is -0.000000457. The maximum atomic E-state index is 8.49. The van der Waals surface area contributed by atoms with Crippen LogP contribution in [0.1, 0.15) is 71.1 Å². The van der Waals surface area contributed by atoms with Gasteiger partial charge in [-0.15, -0.1) is 0 Å². The third kappa shape index (κ3) is 56.8. The molecule has 0 aromatic carbocycles. The van der Waals surface area contributed by atoms with E-state index < -0.39 is 25.8 Å². The van der Waals surface area contributed by atoms with E-state index >= 15 is 0 Å². The van der Waals surface area contributed by atoms with Gasteiger partial charge in [-0.25, -0.2) is 0 Å². The first-order valence-electron chi connectivity index (χ1n) is 7.78. The standard InChI is InChI=1S/C12H27O3P.2H3O3P/c1-2-3-4-5-6-7-8-9-10-11-12-15-16(13)14;2*1-4(2)3/h13-14H,2-12H2,1H3;2*1-3H. The van der Waals surface area contributed by atoms with Crippen LogP contribution in [0.5, 0.6) is 0 Å².